The molecule has 1 aliphatic heterocycles. The van der Waals surface area contributed by atoms with Crippen LogP contribution in [-0.2, 0) is 15.3 Å². The Morgan fingerprint density at radius 3 is 2.24 bits per heavy atom. The first-order valence-corrected chi connectivity index (χ1v) is 15.9. The Morgan fingerprint density at radius 2 is 1.50 bits per heavy atom. The summed E-state index contributed by atoms with van der Waals surface area (Å²) in [4.78, 5) is 28.7. The Kier molecular flexibility index (Phi) is 8.82. The summed E-state index contributed by atoms with van der Waals surface area (Å²) in [5.41, 5.74) is 1.79. The number of ether oxygens (including phenoxy) is 4. The van der Waals surface area contributed by atoms with Gasteiger partial charge in [0.2, 0.25) is 5.13 Å². The Hall–Kier alpha value is -5.07. The molecular weight excluding hydrogens is 627 g/mol. The summed E-state index contributed by atoms with van der Waals surface area (Å²) in [6.07, 6.45) is 0. The largest absolute Gasteiger partial charge is 0.507 e. The van der Waals surface area contributed by atoms with Gasteiger partial charge in [-0.1, -0.05) is 71.6 Å². The molecule has 1 aliphatic rings. The number of hydrogen-bond acceptors (Lipinski definition) is 11. The lowest BCUT2D eigenvalue weighted by Crippen LogP contribution is -2.29. The van der Waals surface area contributed by atoms with Crippen LogP contribution in [0.15, 0.2) is 88.8 Å². The second-order valence-electron chi connectivity index (χ2n) is 10.1. The summed E-state index contributed by atoms with van der Waals surface area (Å²) in [6, 6.07) is 23.1. The highest BCUT2D eigenvalue weighted by atomic mass is 32.2. The number of aliphatic hydroxyl groups is 1. The average molecular weight is 656 g/mol. The summed E-state index contributed by atoms with van der Waals surface area (Å²) >= 11 is 2.68. The highest BCUT2D eigenvalue weighted by molar-refractivity contribution is 8.00. The minimum atomic E-state index is -1.04. The average Bonchev–Trinajstić information content (AvgIpc) is 3.67. The maximum absolute atomic E-state index is 13.7. The molecule has 10 nitrogen and oxygen atoms in total. The molecule has 46 heavy (non-hydrogen) atoms. The minimum absolute atomic E-state index is 0.121. The van der Waals surface area contributed by atoms with Crippen molar-refractivity contribution in [2.45, 2.75) is 16.1 Å². The Bertz CT molecular complexity index is 1990. The Labute approximate surface area is 273 Å². The fraction of sp³-hybridized carbons (Fsp3) is 0.176. The number of methoxy groups -OCH3 is 4. The first-order chi connectivity index (χ1) is 22.4. The number of rotatable bonds is 10. The van der Waals surface area contributed by atoms with Gasteiger partial charge in [0.05, 0.1) is 40.1 Å². The number of benzene rings is 4. The third-order valence-electron chi connectivity index (χ3n) is 7.66. The van der Waals surface area contributed by atoms with Crippen LogP contribution in [0.5, 0.6) is 23.0 Å². The molecule has 0 bridgehead atoms. The monoisotopic (exact) mass is 655 g/mol. The van der Waals surface area contributed by atoms with Crippen molar-refractivity contribution in [1.29, 1.82) is 0 Å². The van der Waals surface area contributed by atoms with E-state index in [1.54, 1.807) is 36.4 Å². The summed E-state index contributed by atoms with van der Waals surface area (Å²) < 4.78 is 22.3. The zero-order chi connectivity index (χ0) is 32.4. The summed E-state index contributed by atoms with van der Waals surface area (Å²) in [7, 11) is 5.97. The second kappa shape index (κ2) is 13.1. The first kappa shape index (κ1) is 30.9. The SMILES string of the molecule is COc1ccc(C(O)=C2C(=O)C(=O)N(c3nnc(SCc4cccc5ccccc45)s3)C2c2ccc(OC)c(OC)c2)cc1OC. The van der Waals surface area contributed by atoms with Gasteiger partial charge >= 0.3 is 5.91 Å². The van der Waals surface area contributed by atoms with Gasteiger partial charge in [0.25, 0.3) is 5.78 Å². The van der Waals surface area contributed by atoms with Crippen molar-refractivity contribution in [1.82, 2.24) is 10.2 Å². The van der Waals surface area contributed by atoms with E-state index in [4.69, 9.17) is 18.9 Å². The molecule has 0 saturated carbocycles. The molecule has 1 unspecified atom stereocenters. The first-order valence-electron chi connectivity index (χ1n) is 14.1. The maximum atomic E-state index is 13.7. The van der Waals surface area contributed by atoms with Gasteiger partial charge in [0.1, 0.15) is 5.76 Å². The van der Waals surface area contributed by atoms with Crippen LogP contribution < -0.4 is 23.8 Å². The van der Waals surface area contributed by atoms with E-state index in [0.717, 1.165) is 16.3 Å². The summed E-state index contributed by atoms with van der Waals surface area (Å²) in [5.74, 6) is 0.186. The molecule has 1 saturated heterocycles. The van der Waals surface area contributed by atoms with E-state index < -0.39 is 17.7 Å². The molecule has 2 heterocycles. The fourth-order valence-electron chi connectivity index (χ4n) is 5.42. The molecule has 0 spiro atoms. The van der Waals surface area contributed by atoms with Crippen molar-refractivity contribution in [2.24, 2.45) is 0 Å². The van der Waals surface area contributed by atoms with Gasteiger partial charge in [-0.25, -0.2) is 0 Å². The lowest BCUT2D eigenvalue weighted by Gasteiger charge is -2.23. The zero-order valence-corrected chi connectivity index (χ0v) is 27.0. The third-order valence-corrected chi connectivity index (χ3v) is 9.76. The van der Waals surface area contributed by atoms with Crippen LogP contribution in [0.3, 0.4) is 0 Å². The lowest BCUT2D eigenvalue weighted by atomic mass is 9.95. The van der Waals surface area contributed by atoms with Crippen molar-refractivity contribution in [3.05, 3.63) is 101 Å². The number of carbonyl (C=O) groups is 2. The predicted octanol–water partition coefficient (Wildman–Crippen LogP) is 6.64. The molecular formula is C34H29N3O7S2. The van der Waals surface area contributed by atoms with Crippen molar-refractivity contribution in [2.75, 3.05) is 33.3 Å². The Balaban J connectivity index is 1.41. The number of aliphatic hydroxyl groups excluding tert-OH is 1. The highest BCUT2D eigenvalue weighted by Crippen LogP contribution is 2.46. The standard InChI is InChI=1S/C34H29N3O7S2/c1-41-24-14-12-20(16-26(24)43-3)29-28(30(38)21-13-15-25(42-2)27(17-21)44-4)31(39)32(40)37(29)33-35-36-34(46-33)45-18-22-10-7-9-19-8-5-6-11-23(19)22/h5-17,29,38H,18H2,1-4H3. The minimum Gasteiger partial charge on any atom is -0.507 e. The van der Waals surface area contributed by atoms with Crippen molar-refractivity contribution in [3.63, 3.8) is 0 Å². The van der Waals surface area contributed by atoms with Crippen LogP contribution in [0.2, 0.25) is 0 Å². The molecule has 0 radical (unpaired) electrons. The molecule has 6 rings (SSSR count). The van der Waals surface area contributed by atoms with Crippen molar-refractivity contribution >= 4 is 56.5 Å². The number of carbonyl (C=O) groups excluding carboxylic acids is 2. The molecule has 1 fully saturated rings. The Morgan fingerprint density at radius 1 is 0.826 bits per heavy atom. The third kappa shape index (κ3) is 5.61. The molecule has 1 amide bonds. The van der Waals surface area contributed by atoms with E-state index in [2.05, 4.69) is 34.5 Å². The fourth-order valence-corrected chi connectivity index (χ4v) is 7.29. The van der Waals surface area contributed by atoms with Crippen LogP contribution in [0.4, 0.5) is 5.13 Å². The van der Waals surface area contributed by atoms with E-state index in [0.29, 0.717) is 38.7 Å². The van der Waals surface area contributed by atoms with E-state index in [1.807, 2.05) is 18.2 Å². The molecule has 4 aromatic carbocycles. The van der Waals surface area contributed by atoms with Crippen LogP contribution >= 0.6 is 23.1 Å². The van der Waals surface area contributed by atoms with Gasteiger partial charge in [0.15, 0.2) is 27.3 Å². The van der Waals surface area contributed by atoms with Gasteiger partial charge in [0, 0.05) is 11.3 Å². The van der Waals surface area contributed by atoms with Gasteiger partial charge < -0.3 is 24.1 Å². The number of anilines is 1. The number of amides is 1. The van der Waals surface area contributed by atoms with E-state index in [-0.39, 0.29) is 22.0 Å². The zero-order valence-electron chi connectivity index (χ0n) is 25.3. The summed E-state index contributed by atoms with van der Waals surface area (Å²) in [6.45, 7) is 0. The van der Waals surface area contributed by atoms with Crippen LogP contribution in [0.25, 0.3) is 16.5 Å². The van der Waals surface area contributed by atoms with E-state index in [9.17, 15) is 14.7 Å². The topological polar surface area (TPSA) is 120 Å². The molecule has 12 heteroatoms. The molecule has 1 aromatic heterocycles. The maximum Gasteiger partial charge on any atom is 0.301 e. The van der Waals surface area contributed by atoms with Gasteiger partial charge in [-0.05, 0) is 52.2 Å². The number of ketones is 1. The molecule has 234 valence electrons. The molecule has 5 aromatic rings. The van der Waals surface area contributed by atoms with E-state index >= 15 is 0 Å². The number of Topliss-reactive ketones (excluding diaryl/α,β-unsaturated/α-hetero) is 1. The summed E-state index contributed by atoms with van der Waals surface area (Å²) in [5, 5.41) is 22.8. The van der Waals surface area contributed by atoms with Crippen LogP contribution in [0.1, 0.15) is 22.7 Å². The van der Waals surface area contributed by atoms with Crippen LogP contribution in [0, 0.1) is 0 Å². The number of hydrogen-bond donors (Lipinski definition) is 1. The quantitative estimate of drug-likeness (QED) is 0.0576. The van der Waals surface area contributed by atoms with Gasteiger partial charge in [-0.3, -0.25) is 14.5 Å². The normalized spacial score (nSPS) is 15.7. The second-order valence-corrected chi connectivity index (χ2v) is 12.3. The lowest BCUT2D eigenvalue weighted by molar-refractivity contribution is -0.132. The highest BCUT2D eigenvalue weighted by Gasteiger charge is 2.48. The number of fused-ring (bicyclic) bond motifs is 1. The smallest absolute Gasteiger partial charge is 0.301 e. The molecule has 1 atom stereocenters. The van der Waals surface area contributed by atoms with Gasteiger partial charge in [-0.2, -0.15) is 0 Å². The molecule has 0 aliphatic carbocycles. The van der Waals surface area contributed by atoms with Crippen LogP contribution in [-0.4, -0.2) is 55.4 Å². The number of aromatic nitrogens is 2. The van der Waals surface area contributed by atoms with Crippen molar-refractivity contribution < 1.29 is 33.6 Å². The van der Waals surface area contributed by atoms with Gasteiger partial charge in [-0.15, -0.1) is 10.2 Å². The molecule has 1 N–H and O–H groups in total. The van der Waals surface area contributed by atoms with E-state index in [1.165, 1.54) is 56.4 Å². The number of nitrogens with zero attached hydrogens (tertiary/aromatic N) is 3. The van der Waals surface area contributed by atoms with Crippen molar-refractivity contribution in [3.8, 4) is 23.0 Å². The predicted molar refractivity (Wildman–Crippen MR) is 177 cm³/mol. The number of thioether (sulfide) groups is 1.